The zero-order chi connectivity index (χ0) is 17.9. The number of amides is 1. The van der Waals surface area contributed by atoms with Crippen molar-refractivity contribution in [3.63, 3.8) is 0 Å². The van der Waals surface area contributed by atoms with Crippen LogP contribution < -0.4 is 5.32 Å². The van der Waals surface area contributed by atoms with E-state index in [0.29, 0.717) is 16.6 Å². The van der Waals surface area contributed by atoms with Crippen LogP contribution in [0.1, 0.15) is 22.3 Å². The van der Waals surface area contributed by atoms with Gasteiger partial charge < -0.3 is 5.32 Å². The predicted molar refractivity (Wildman–Crippen MR) is 102 cm³/mol. The Morgan fingerprint density at radius 1 is 1.08 bits per heavy atom. The molecule has 0 saturated carbocycles. The van der Waals surface area contributed by atoms with E-state index >= 15 is 0 Å². The second kappa shape index (κ2) is 8.02. The summed E-state index contributed by atoms with van der Waals surface area (Å²) < 4.78 is 0. The van der Waals surface area contributed by atoms with E-state index in [2.05, 4.69) is 17.4 Å². The van der Waals surface area contributed by atoms with E-state index in [1.165, 1.54) is 5.56 Å². The number of nitrogens with one attached hydrogen (secondary N) is 1. The highest BCUT2D eigenvalue weighted by atomic mass is 35.5. The molecular formula is C19H22Cl2N2O. The molecule has 2 aromatic rings. The van der Waals surface area contributed by atoms with Crippen LogP contribution in [0.3, 0.4) is 0 Å². The van der Waals surface area contributed by atoms with Gasteiger partial charge in [0, 0.05) is 27.8 Å². The van der Waals surface area contributed by atoms with E-state index in [1.807, 2.05) is 38.8 Å². The maximum atomic E-state index is 12.4. The van der Waals surface area contributed by atoms with Crippen molar-refractivity contribution in [1.29, 1.82) is 0 Å². The lowest BCUT2D eigenvalue weighted by Gasteiger charge is -2.19. The summed E-state index contributed by atoms with van der Waals surface area (Å²) in [5, 5.41) is 4.23. The lowest BCUT2D eigenvalue weighted by atomic mass is 10.1. The van der Waals surface area contributed by atoms with Crippen molar-refractivity contribution in [2.75, 3.05) is 18.9 Å². The van der Waals surface area contributed by atoms with Crippen LogP contribution in [-0.2, 0) is 11.3 Å². The van der Waals surface area contributed by atoms with Gasteiger partial charge in [0.05, 0.1) is 6.54 Å². The highest BCUT2D eigenvalue weighted by molar-refractivity contribution is 6.35. The van der Waals surface area contributed by atoms with Crippen molar-refractivity contribution in [2.45, 2.75) is 27.3 Å². The minimum atomic E-state index is -0.0595. The molecule has 0 unspecified atom stereocenters. The maximum absolute atomic E-state index is 12.4. The van der Waals surface area contributed by atoms with Crippen LogP contribution in [0.4, 0.5) is 5.69 Å². The van der Waals surface area contributed by atoms with Gasteiger partial charge in [-0.3, -0.25) is 9.69 Å². The van der Waals surface area contributed by atoms with Gasteiger partial charge in [0.15, 0.2) is 0 Å². The number of hydrogen-bond acceptors (Lipinski definition) is 2. The first-order valence-electron chi connectivity index (χ1n) is 7.77. The van der Waals surface area contributed by atoms with Gasteiger partial charge in [-0.2, -0.15) is 0 Å². The van der Waals surface area contributed by atoms with Gasteiger partial charge in [0.1, 0.15) is 0 Å². The molecule has 0 heterocycles. The minimum absolute atomic E-state index is 0.0595. The molecule has 0 aliphatic rings. The van der Waals surface area contributed by atoms with Gasteiger partial charge >= 0.3 is 0 Å². The Labute approximate surface area is 153 Å². The summed E-state index contributed by atoms with van der Waals surface area (Å²) in [6.45, 7) is 6.82. The Balaban J connectivity index is 2.02. The van der Waals surface area contributed by atoms with Crippen molar-refractivity contribution in [2.24, 2.45) is 0 Å². The molecule has 0 fully saturated rings. The molecule has 0 radical (unpaired) electrons. The normalized spacial score (nSPS) is 11.0. The molecule has 24 heavy (non-hydrogen) atoms. The van der Waals surface area contributed by atoms with Gasteiger partial charge in [-0.05, 0) is 51.1 Å². The standard InChI is InChI=1S/C19H22Cl2N2O/c1-12-8-13(2)19(14(3)9-12)22-18(24)11-23(4)10-15-16(20)6-5-7-17(15)21/h5-9H,10-11H2,1-4H3,(H,22,24). The largest absolute Gasteiger partial charge is 0.324 e. The number of hydrogen-bond donors (Lipinski definition) is 1. The van der Waals surface area contributed by atoms with Crippen molar-refractivity contribution in [3.8, 4) is 0 Å². The van der Waals surface area contributed by atoms with Gasteiger partial charge in [0.2, 0.25) is 5.91 Å². The number of likely N-dealkylation sites (N-methyl/N-ethyl adjacent to an activating group) is 1. The number of halogens is 2. The fraction of sp³-hybridized carbons (Fsp3) is 0.316. The summed E-state index contributed by atoms with van der Waals surface area (Å²) in [5.74, 6) is -0.0595. The third-order valence-electron chi connectivity index (χ3n) is 3.84. The number of anilines is 1. The Morgan fingerprint density at radius 2 is 1.62 bits per heavy atom. The molecule has 1 N–H and O–H groups in total. The average Bonchev–Trinajstić information content (AvgIpc) is 2.47. The maximum Gasteiger partial charge on any atom is 0.238 e. The first-order valence-corrected chi connectivity index (χ1v) is 8.52. The zero-order valence-corrected chi connectivity index (χ0v) is 15.9. The van der Waals surface area contributed by atoms with Crippen LogP contribution in [0.5, 0.6) is 0 Å². The number of benzene rings is 2. The SMILES string of the molecule is Cc1cc(C)c(NC(=O)CN(C)Cc2c(Cl)cccc2Cl)c(C)c1. The summed E-state index contributed by atoms with van der Waals surface area (Å²) in [6.07, 6.45) is 0. The molecule has 0 saturated heterocycles. The molecule has 2 rings (SSSR count). The molecule has 0 bridgehead atoms. The van der Waals surface area contributed by atoms with E-state index < -0.39 is 0 Å². The Morgan fingerprint density at radius 3 is 2.17 bits per heavy atom. The molecule has 2 aromatic carbocycles. The Kier molecular flexibility index (Phi) is 6.27. The fourth-order valence-corrected chi connectivity index (χ4v) is 3.33. The summed E-state index contributed by atoms with van der Waals surface area (Å²) >= 11 is 12.4. The quantitative estimate of drug-likeness (QED) is 0.810. The first kappa shape index (κ1) is 18.8. The average molecular weight is 365 g/mol. The van der Waals surface area contributed by atoms with Gasteiger partial charge in [-0.15, -0.1) is 0 Å². The van der Waals surface area contributed by atoms with Crippen LogP contribution in [0, 0.1) is 20.8 Å². The molecule has 0 spiro atoms. The van der Waals surface area contributed by atoms with Crippen LogP contribution in [0.15, 0.2) is 30.3 Å². The first-order chi connectivity index (χ1) is 11.3. The molecule has 0 aromatic heterocycles. The van der Waals surface area contributed by atoms with Gasteiger partial charge in [-0.1, -0.05) is 47.0 Å². The number of carbonyl (C=O) groups excluding carboxylic acids is 1. The lowest BCUT2D eigenvalue weighted by molar-refractivity contribution is -0.117. The second-order valence-corrected chi connectivity index (χ2v) is 7.01. The highest BCUT2D eigenvalue weighted by Crippen LogP contribution is 2.25. The smallest absolute Gasteiger partial charge is 0.238 e. The minimum Gasteiger partial charge on any atom is -0.324 e. The third kappa shape index (κ3) is 4.73. The number of nitrogens with zero attached hydrogens (tertiary/aromatic N) is 1. The molecule has 1 amide bonds. The van der Waals surface area contributed by atoms with Gasteiger partial charge in [0.25, 0.3) is 0 Å². The van der Waals surface area contributed by atoms with Crippen molar-refractivity contribution >= 4 is 34.8 Å². The highest BCUT2D eigenvalue weighted by Gasteiger charge is 2.13. The monoisotopic (exact) mass is 364 g/mol. The summed E-state index contributed by atoms with van der Waals surface area (Å²) in [4.78, 5) is 14.2. The molecular weight excluding hydrogens is 343 g/mol. The molecule has 0 aliphatic heterocycles. The summed E-state index contributed by atoms with van der Waals surface area (Å²) in [5.41, 5.74) is 5.04. The number of carbonyl (C=O) groups is 1. The predicted octanol–water partition coefficient (Wildman–Crippen LogP) is 4.99. The van der Waals surface area contributed by atoms with E-state index in [0.717, 1.165) is 22.4 Å². The molecule has 3 nitrogen and oxygen atoms in total. The van der Waals surface area contributed by atoms with E-state index in [1.54, 1.807) is 12.1 Å². The van der Waals surface area contributed by atoms with Crippen molar-refractivity contribution in [3.05, 3.63) is 62.6 Å². The van der Waals surface area contributed by atoms with Crippen LogP contribution in [0.2, 0.25) is 10.0 Å². The lowest BCUT2D eigenvalue weighted by Crippen LogP contribution is -2.30. The Hall–Kier alpha value is -1.55. The topological polar surface area (TPSA) is 32.3 Å². The Bertz CT molecular complexity index is 716. The third-order valence-corrected chi connectivity index (χ3v) is 4.55. The van der Waals surface area contributed by atoms with Crippen LogP contribution >= 0.6 is 23.2 Å². The van der Waals surface area contributed by atoms with E-state index in [9.17, 15) is 4.79 Å². The van der Waals surface area contributed by atoms with Gasteiger partial charge in [-0.25, -0.2) is 0 Å². The molecule has 128 valence electrons. The second-order valence-electron chi connectivity index (χ2n) is 6.19. The molecule has 5 heteroatoms. The molecule has 0 atom stereocenters. The zero-order valence-electron chi connectivity index (χ0n) is 14.4. The fourth-order valence-electron chi connectivity index (χ4n) is 2.81. The van der Waals surface area contributed by atoms with E-state index in [-0.39, 0.29) is 12.5 Å². The van der Waals surface area contributed by atoms with Crippen molar-refractivity contribution in [1.82, 2.24) is 4.90 Å². The number of rotatable bonds is 5. The van der Waals surface area contributed by atoms with E-state index in [4.69, 9.17) is 23.2 Å². The summed E-state index contributed by atoms with van der Waals surface area (Å²) in [6, 6.07) is 9.54. The molecule has 0 aliphatic carbocycles. The van der Waals surface area contributed by atoms with Crippen molar-refractivity contribution < 1.29 is 4.79 Å². The van der Waals surface area contributed by atoms with Crippen LogP contribution in [0.25, 0.3) is 0 Å². The van der Waals surface area contributed by atoms with Crippen LogP contribution in [-0.4, -0.2) is 24.4 Å². The number of aryl methyl sites for hydroxylation is 3. The summed E-state index contributed by atoms with van der Waals surface area (Å²) in [7, 11) is 1.87.